The molecule has 0 amide bonds. The van der Waals surface area contributed by atoms with Gasteiger partial charge in [-0.1, -0.05) is 146 Å². The van der Waals surface area contributed by atoms with Crippen LogP contribution in [-0.4, -0.2) is 27.4 Å². The van der Waals surface area contributed by atoms with E-state index in [0.717, 1.165) is 24.7 Å². The van der Waals surface area contributed by atoms with Crippen molar-refractivity contribution in [2.24, 2.45) is 35.5 Å². The van der Waals surface area contributed by atoms with E-state index >= 15 is 0 Å². The molecule has 2 heteroatoms. The minimum Gasteiger partial charge on any atom is -0.334 e. The largest absolute Gasteiger partial charge is 0.334 e. The Labute approximate surface area is 414 Å². The molecule has 1 aromatic carbocycles. The summed E-state index contributed by atoms with van der Waals surface area (Å²) in [5.74, 6) is 4.16. The number of benzene rings is 1. The van der Waals surface area contributed by atoms with Crippen LogP contribution in [-0.2, 0) is 5.54 Å². The van der Waals surface area contributed by atoms with Crippen molar-refractivity contribution in [3.8, 4) is 0 Å². The summed E-state index contributed by atoms with van der Waals surface area (Å²) in [5.41, 5.74) is 18.5. The molecule has 2 aromatic rings. The first-order chi connectivity index (χ1) is 34.1. The molecule has 1 fully saturated rings. The summed E-state index contributed by atoms with van der Waals surface area (Å²) in [4.78, 5) is 0. The number of piperidine rings is 1. The van der Waals surface area contributed by atoms with Crippen molar-refractivity contribution in [1.29, 1.82) is 0 Å². The lowest BCUT2D eigenvalue weighted by Crippen LogP contribution is -2.59. The molecule has 13 rings (SSSR count). The van der Waals surface area contributed by atoms with Crippen molar-refractivity contribution >= 4 is 17.4 Å². The molecule has 0 bridgehead atoms. The highest BCUT2D eigenvalue weighted by atomic mass is 15.2. The average Bonchev–Trinajstić information content (AvgIpc) is 4.22. The van der Waals surface area contributed by atoms with Crippen LogP contribution in [0.5, 0.6) is 0 Å². The minimum absolute atomic E-state index is 0.149. The number of nitrogens with zero attached hydrogens (tertiary/aromatic N) is 2. The van der Waals surface area contributed by atoms with E-state index in [4.69, 9.17) is 0 Å². The van der Waals surface area contributed by atoms with Gasteiger partial charge in [-0.2, -0.15) is 0 Å². The third-order valence-corrected chi connectivity index (χ3v) is 19.7. The summed E-state index contributed by atoms with van der Waals surface area (Å²) in [6.45, 7) is 2.59. The highest BCUT2D eigenvalue weighted by molar-refractivity contribution is 5.95. The first-order valence-corrected chi connectivity index (χ1v) is 28.3. The van der Waals surface area contributed by atoms with Crippen molar-refractivity contribution in [2.45, 2.75) is 165 Å². The summed E-state index contributed by atoms with van der Waals surface area (Å²) in [6.07, 6.45) is 70.5. The normalized spacial score (nSPS) is 34.0. The SMILES string of the molecule is C[C@@]1(C2=CC3C2[C@@H]2C=CC(C4=CC(C5=CCCC(C6=CC=CCC6)C5)CC=C4)=CC2C2CCC=[N+]32)C2=C(C=C(c3cccc(C4C=CCC(CCCCCCC5=CCCCC5)C4)c3)C2)c2cccn21. The summed E-state index contributed by atoms with van der Waals surface area (Å²) in [5, 5.41) is 0. The Morgan fingerprint density at radius 1 is 0.783 bits per heavy atom. The van der Waals surface area contributed by atoms with Crippen LogP contribution in [0.4, 0.5) is 0 Å². The average molecular weight is 910 g/mol. The van der Waals surface area contributed by atoms with Gasteiger partial charge in [0, 0.05) is 54.0 Å². The standard InChI is InChI=1S/C67H77N2/c1-67(61-44-57(43-60(61)64-33-17-37-69(64)67)55-31-15-27-51(41-55)49-25-12-22-47(38-49)21-7-3-2-6-18-46-19-8-4-9-20-46)62-45-65-66(62)58-35-34-56(42-59(58)63-32-16-36-68(63)65)54-30-14-29-53(40-54)52-28-13-26-50(39-52)48-23-10-5-11-24-48/h5,10,12,14-15,17,19,23,25,27-28,30-31,33-37,40-43,45,47,49-50,53,58-59,63,65-66H,2-4,6-9,11,13,16,18,20-22,24,26,29,32,38-39,44H2,1H3/q+1/t47?,49?,50?,53?,58-,59?,63?,65?,66?,67+/m1/s1. The molecule has 4 heterocycles. The van der Waals surface area contributed by atoms with Crippen molar-refractivity contribution in [3.05, 3.63) is 190 Å². The van der Waals surface area contributed by atoms with Crippen LogP contribution in [0.25, 0.3) is 11.1 Å². The minimum atomic E-state index is -0.149. The first-order valence-electron chi connectivity index (χ1n) is 28.3. The molecule has 0 saturated carbocycles. The van der Waals surface area contributed by atoms with Crippen molar-refractivity contribution in [2.75, 3.05) is 0 Å². The predicted molar refractivity (Wildman–Crippen MR) is 289 cm³/mol. The van der Waals surface area contributed by atoms with E-state index in [-0.39, 0.29) is 5.54 Å². The summed E-state index contributed by atoms with van der Waals surface area (Å²) < 4.78 is 5.49. The number of rotatable bonds is 13. The summed E-state index contributed by atoms with van der Waals surface area (Å²) >= 11 is 0. The maximum Gasteiger partial charge on any atom is 0.178 e. The fraction of sp³-hybridized carbons (Fsp3) is 0.478. The van der Waals surface area contributed by atoms with Gasteiger partial charge in [-0.05, 0) is 178 Å². The van der Waals surface area contributed by atoms with Gasteiger partial charge in [0.05, 0.1) is 11.5 Å². The molecule has 0 spiro atoms. The fourth-order valence-electron chi connectivity index (χ4n) is 15.9. The number of fused-ring (bicyclic) bond motifs is 8. The molecule has 2 nitrogen and oxygen atoms in total. The van der Waals surface area contributed by atoms with Gasteiger partial charge >= 0.3 is 0 Å². The molecule has 354 valence electrons. The number of unbranched alkanes of at least 4 members (excludes halogenated alkanes) is 3. The second-order valence-corrected chi connectivity index (χ2v) is 23.5. The molecule has 8 unspecified atom stereocenters. The Kier molecular flexibility index (Phi) is 11.9. The monoisotopic (exact) mass is 910 g/mol. The number of allylic oxidation sites excluding steroid dienone is 21. The second kappa shape index (κ2) is 18.7. The molecule has 11 aliphatic rings. The van der Waals surface area contributed by atoms with Crippen LogP contribution in [0.15, 0.2) is 173 Å². The molecule has 0 radical (unpaired) electrons. The van der Waals surface area contributed by atoms with Crippen LogP contribution in [0.1, 0.15) is 164 Å². The van der Waals surface area contributed by atoms with E-state index in [2.05, 4.69) is 156 Å². The number of hydrogen-bond acceptors (Lipinski definition) is 0. The molecule has 10 atom stereocenters. The van der Waals surface area contributed by atoms with Gasteiger partial charge < -0.3 is 4.57 Å². The van der Waals surface area contributed by atoms with E-state index in [1.165, 1.54) is 161 Å². The van der Waals surface area contributed by atoms with E-state index < -0.39 is 0 Å². The van der Waals surface area contributed by atoms with E-state index in [0.29, 0.717) is 41.7 Å². The Morgan fingerprint density at radius 3 is 2.67 bits per heavy atom. The molecular weight excluding hydrogens is 833 g/mol. The van der Waals surface area contributed by atoms with Gasteiger partial charge in [-0.15, -0.1) is 0 Å². The number of aromatic nitrogens is 1. The van der Waals surface area contributed by atoms with Gasteiger partial charge in [0.25, 0.3) is 0 Å². The third kappa shape index (κ3) is 8.03. The zero-order valence-electron chi connectivity index (χ0n) is 41.7. The topological polar surface area (TPSA) is 7.94 Å². The van der Waals surface area contributed by atoms with Crippen LogP contribution in [0.2, 0.25) is 0 Å². The van der Waals surface area contributed by atoms with Crippen molar-refractivity contribution in [3.63, 3.8) is 0 Å². The quantitative estimate of drug-likeness (QED) is 0.107. The van der Waals surface area contributed by atoms with Gasteiger partial charge in [0.15, 0.2) is 12.1 Å². The Bertz CT molecular complexity index is 2790. The van der Waals surface area contributed by atoms with E-state index in [9.17, 15) is 0 Å². The van der Waals surface area contributed by atoms with Gasteiger partial charge in [0.2, 0.25) is 0 Å². The summed E-state index contributed by atoms with van der Waals surface area (Å²) in [7, 11) is 0. The molecule has 1 aromatic heterocycles. The Hall–Kier alpha value is -4.95. The summed E-state index contributed by atoms with van der Waals surface area (Å²) in [6, 6.07) is 15.5. The highest BCUT2D eigenvalue weighted by Crippen LogP contribution is 2.61. The zero-order chi connectivity index (χ0) is 45.9. The highest BCUT2D eigenvalue weighted by Gasteiger charge is 2.62. The lowest BCUT2D eigenvalue weighted by molar-refractivity contribution is -0.612. The molecule has 8 aliphatic carbocycles. The number of hydrogen-bond donors (Lipinski definition) is 0. The van der Waals surface area contributed by atoms with Crippen LogP contribution >= 0.6 is 0 Å². The van der Waals surface area contributed by atoms with E-state index in [1.807, 2.05) is 0 Å². The fourth-order valence-corrected chi connectivity index (χ4v) is 15.9. The molecule has 3 aliphatic heterocycles. The van der Waals surface area contributed by atoms with Crippen LogP contribution in [0, 0.1) is 35.5 Å². The molecular formula is C67H77N2+. The maximum absolute atomic E-state index is 2.83. The lowest BCUT2D eigenvalue weighted by Gasteiger charge is -2.52. The Morgan fingerprint density at radius 2 is 1.74 bits per heavy atom. The predicted octanol–water partition coefficient (Wildman–Crippen LogP) is 16.8. The van der Waals surface area contributed by atoms with E-state index in [1.54, 1.807) is 27.9 Å². The molecule has 69 heavy (non-hydrogen) atoms. The van der Waals surface area contributed by atoms with Crippen molar-refractivity contribution in [1.82, 2.24) is 4.57 Å². The smallest absolute Gasteiger partial charge is 0.178 e. The van der Waals surface area contributed by atoms with Crippen LogP contribution in [0.3, 0.4) is 0 Å². The second-order valence-electron chi connectivity index (χ2n) is 23.5. The zero-order valence-corrected chi connectivity index (χ0v) is 41.7. The third-order valence-electron chi connectivity index (χ3n) is 19.7. The maximum atomic E-state index is 2.83. The lowest BCUT2D eigenvalue weighted by atomic mass is 9.56. The van der Waals surface area contributed by atoms with Crippen LogP contribution < -0.4 is 0 Å². The molecule has 0 N–H and O–H groups in total. The Balaban J connectivity index is 0.702. The van der Waals surface area contributed by atoms with Crippen molar-refractivity contribution < 1.29 is 4.58 Å². The first kappa shape index (κ1) is 44.0. The van der Waals surface area contributed by atoms with Gasteiger partial charge in [-0.25, -0.2) is 4.58 Å². The molecule has 1 saturated heterocycles. The van der Waals surface area contributed by atoms with Gasteiger partial charge in [-0.3, -0.25) is 0 Å². The van der Waals surface area contributed by atoms with Gasteiger partial charge in [0.1, 0.15) is 6.21 Å².